The van der Waals surface area contributed by atoms with Gasteiger partial charge in [-0.3, -0.25) is 4.79 Å². The molecule has 0 radical (unpaired) electrons. The molecule has 0 unspecified atom stereocenters. The van der Waals surface area contributed by atoms with Crippen molar-refractivity contribution >= 4 is 17.3 Å². The molecule has 0 spiro atoms. The van der Waals surface area contributed by atoms with E-state index in [0.29, 0.717) is 23.5 Å². The Morgan fingerprint density at radius 2 is 2.31 bits per heavy atom. The van der Waals surface area contributed by atoms with Crippen LogP contribution < -0.4 is 0 Å². The van der Waals surface area contributed by atoms with E-state index in [2.05, 4.69) is 4.98 Å². The lowest BCUT2D eigenvalue weighted by atomic mass is 10.00. The molecule has 16 heavy (non-hydrogen) atoms. The molecule has 1 aliphatic carbocycles. The molecule has 1 aliphatic rings. The van der Waals surface area contributed by atoms with E-state index in [-0.39, 0.29) is 24.1 Å². The van der Waals surface area contributed by atoms with Crippen LogP contribution in [0.5, 0.6) is 0 Å². The van der Waals surface area contributed by atoms with Crippen LogP contribution in [0.25, 0.3) is 0 Å². The highest BCUT2D eigenvalue weighted by atomic mass is 32.1. The van der Waals surface area contributed by atoms with Gasteiger partial charge in [0, 0.05) is 12.8 Å². The molecule has 2 rings (SSSR count). The van der Waals surface area contributed by atoms with E-state index in [1.807, 2.05) is 0 Å². The lowest BCUT2D eigenvalue weighted by Gasteiger charge is -2.19. The minimum absolute atomic E-state index is 0.0409. The quantitative estimate of drug-likeness (QED) is 0.893. The van der Waals surface area contributed by atoms with Crippen molar-refractivity contribution in [1.29, 1.82) is 0 Å². The second-order valence-electron chi connectivity index (χ2n) is 3.84. The predicted octanol–water partition coefficient (Wildman–Crippen LogP) is 2.59. The molecular weight excluding hydrogens is 236 g/mol. The summed E-state index contributed by atoms with van der Waals surface area (Å²) in [5.41, 5.74) is 0.460. The summed E-state index contributed by atoms with van der Waals surface area (Å²) in [5, 5.41) is 9.02. The topological polar surface area (TPSA) is 50.2 Å². The first-order chi connectivity index (χ1) is 7.49. The van der Waals surface area contributed by atoms with Crippen LogP contribution in [0.4, 0.5) is 8.78 Å². The van der Waals surface area contributed by atoms with Crippen LogP contribution in [0, 0.1) is 0 Å². The van der Waals surface area contributed by atoms with Gasteiger partial charge in [0.15, 0.2) is 0 Å². The van der Waals surface area contributed by atoms with Gasteiger partial charge in [-0.25, -0.2) is 13.8 Å². The molecule has 6 heteroatoms. The van der Waals surface area contributed by atoms with Gasteiger partial charge in [-0.1, -0.05) is 0 Å². The molecule has 88 valence electrons. The van der Waals surface area contributed by atoms with Gasteiger partial charge in [0.2, 0.25) is 0 Å². The molecular formula is C10H11F2NO2S. The van der Waals surface area contributed by atoms with E-state index in [9.17, 15) is 13.6 Å². The number of carboxylic acids is 1. The molecule has 0 fully saturated rings. The minimum atomic E-state index is -2.77. The van der Waals surface area contributed by atoms with Crippen LogP contribution in [0.1, 0.15) is 34.8 Å². The van der Waals surface area contributed by atoms with Gasteiger partial charge < -0.3 is 5.11 Å². The average molecular weight is 247 g/mol. The maximum absolute atomic E-state index is 13.5. The van der Waals surface area contributed by atoms with Gasteiger partial charge in [0.05, 0.1) is 22.0 Å². The highest BCUT2D eigenvalue weighted by molar-refractivity contribution is 7.11. The summed E-state index contributed by atoms with van der Waals surface area (Å²) in [6.45, 7) is 0. The zero-order valence-electron chi connectivity index (χ0n) is 8.50. The maximum Gasteiger partial charge on any atom is 0.303 e. The Bertz CT molecular complexity index is 417. The molecule has 0 bridgehead atoms. The Morgan fingerprint density at radius 3 is 2.94 bits per heavy atom. The average Bonchev–Trinajstić information content (AvgIpc) is 2.59. The maximum atomic E-state index is 13.5. The van der Waals surface area contributed by atoms with Crippen LogP contribution >= 0.6 is 11.3 Å². The van der Waals surface area contributed by atoms with Gasteiger partial charge in [-0.15, -0.1) is 11.3 Å². The summed E-state index contributed by atoms with van der Waals surface area (Å²) in [7, 11) is 0. The Labute approximate surface area is 95.1 Å². The number of carbonyl (C=O) groups is 1. The van der Waals surface area contributed by atoms with Crippen LogP contribution in [0.15, 0.2) is 0 Å². The molecule has 1 heterocycles. The molecule has 0 aliphatic heterocycles. The molecule has 0 saturated carbocycles. The predicted molar refractivity (Wildman–Crippen MR) is 54.9 cm³/mol. The normalized spacial score (nSPS) is 18.1. The van der Waals surface area contributed by atoms with Crippen molar-refractivity contribution in [2.45, 2.75) is 38.0 Å². The molecule has 0 aromatic carbocycles. The van der Waals surface area contributed by atoms with Gasteiger partial charge in [-0.05, 0) is 12.8 Å². The van der Waals surface area contributed by atoms with E-state index < -0.39 is 11.9 Å². The van der Waals surface area contributed by atoms with Crippen LogP contribution in [-0.2, 0) is 23.6 Å². The Balaban J connectivity index is 2.19. The summed E-state index contributed by atoms with van der Waals surface area (Å²) in [6.07, 6.45) is 1.08. The number of aliphatic carboxylic acids is 1. The van der Waals surface area contributed by atoms with Gasteiger partial charge in [0.25, 0.3) is 5.92 Å². The number of aryl methyl sites for hydroxylation is 2. The fourth-order valence-corrected chi connectivity index (χ4v) is 2.88. The third kappa shape index (κ3) is 2.21. The summed E-state index contributed by atoms with van der Waals surface area (Å²) in [4.78, 5) is 14.5. The third-order valence-corrected chi connectivity index (χ3v) is 3.80. The smallest absolute Gasteiger partial charge is 0.303 e. The van der Waals surface area contributed by atoms with Crippen LogP contribution in [-0.4, -0.2) is 16.1 Å². The monoisotopic (exact) mass is 247 g/mol. The van der Waals surface area contributed by atoms with Crippen molar-refractivity contribution in [2.24, 2.45) is 0 Å². The van der Waals surface area contributed by atoms with Crippen molar-refractivity contribution in [3.8, 4) is 0 Å². The summed E-state index contributed by atoms with van der Waals surface area (Å²) in [5.74, 6) is -3.70. The van der Waals surface area contributed by atoms with Crippen LogP contribution in [0.3, 0.4) is 0 Å². The van der Waals surface area contributed by atoms with Gasteiger partial charge in [-0.2, -0.15) is 0 Å². The van der Waals surface area contributed by atoms with Crippen molar-refractivity contribution in [3.63, 3.8) is 0 Å². The lowest BCUT2D eigenvalue weighted by Crippen LogP contribution is -2.18. The molecule has 3 nitrogen and oxygen atoms in total. The van der Waals surface area contributed by atoms with E-state index in [0.717, 1.165) is 11.3 Å². The number of rotatable bonds is 3. The van der Waals surface area contributed by atoms with E-state index >= 15 is 0 Å². The van der Waals surface area contributed by atoms with Crippen molar-refractivity contribution in [3.05, 3.63) is 15.6 Å². The SMILES string of the molecule is O=C(O)CCc1nc2c(s1)C(F)(F)CCC2. The molecule has 0 saturated heterocycles. The number of aromatic nitrogens is 1. The minimum Gasteiger partial charge on any atom is -0.481 e. The number of fused-ring (bicyclic) bond motifs is 1. The highest BCUT2D eigenvalue weighted by Gasteiger charge is 2.39. The summed E-state index contributed by atoms with van der Waals surface area (Å²) in [6, 6.07) is 0. The molecule has 1 aromatic heterocycles. The number of carboxylic acid groups (broad SMARTS) is 1. The number of nitrogens with zero attached hydrogens (tertiary/aromatic N) is 1. The van der Waals surface area contributed by atoms with Gasteiger partial charge in [0.1, 0.15) is 0 Å². The number of alkyl halides is 2. The first-order valence-corrected chi connectivity index (χ1v) is 5.89. The highest BCUT2D eigenvalue weighted by Crippen LogP contribution is 2.43. The molecule has 1 N–H and O–H groups in total. The fraction of sp³-hybridized carbons (Fsp3) is 0.600. The summed E-state index contributed by atoms with van der Waals surface area (Å²) >= 11 is 0.960. The lowest BCUT2D eigenvalue weighted by molar-refractivity contribution is -0.136. The Hall–Kier alpha value is -1.04. The number of thiazole rings is 1. The zero-order chi connectivity index (χ0) is 11.8. The largest absolute Gasteiger partial charge is 0.481 e. The standard InChI is InChI=1S/C10H11F2NO2S/c11-10(12)5-1-2-6-9(10)16-7(13-6)3-4-8(14)15/h1-5H2,(H,14,15). The Kier molecular flexibility index (Phi) is 2.92. The number of hydrogen-bond donors (Lipinski definition) is 1. The van der Waals surface area contributed by atoms with Crippen molar-refractivity contribution < 1.29 is 18.7 Å². The first kappa shape index (κ1) is 11.4. The fourth-order valence-electron chi connectivity index (χ4n) is 1.77. The number of halogens is 2. The number of hydrogen-bond acceptors (Lipinski definition) is 3. The van der Waals surface area contributed by atoms with E-state index in [4.69, 9.17) is 5.11 Å². The van der Waals surface area contributed by atoms with Crippen LogP contribution in [0.2, 0.25) is 0 Å². The second kappa shape index (κ2) is 4.08. The summed E-state index contributed by atoms with van der Waals surface area (Å²) < 4.78 is 26.9. The van der Waals surface area contributed by atoms with E-state index in [1.165, 1.54) is 0 Å². The Morgan fingerprint density at radius 1 is 1.56 bits per heavy atom. The second-order valence-corrected chi connectivity index (χ2v) is 4.92. The van der Waals surface area contributed by atoms with E-state index in [1.54, 1.807) is 0 Å². The third-order valence-electron chi connectivity index (χ3n) is 2.53. The van der Waals surface area contributed by atoms with Gasteiger partial charge >= 0.3 is 5.97 Å². The molecule has 0 atom stereocenters. The molecule has 0 amide bonds. The first-order valence-electron chi connectivity index (χ1n) is 5.08. The van der Waals surface area contributed by atoms with Crippen molar-refractivity contribution in [1.82, 2.24) is 4.98 Å². The zero-order valence-corrected chi connectivity index (χ0v) is 9.32. The molecule has 1 aromatic rings. The van der Waals surface area contributed by atoms with Crippen molar-refractivity contribution in [2.75, 3.05) is 0 Å².